The molecule has 0 spiro atoms. The van der Waals surface area contributed by atoms with Gasteiger partial charge in [-0.15, -0.1) is 0 Å². The molecule has 0 radical (unpaired) electrons. The molecule has 0 saturated carbocycles. The van der Waals surface area contributed by atoms with Crippen LogP contribution >= 0.6 is 0 Å². The first-order valence-electron chi connectivity index (χ1n) is 6.31. The van der Waals surface area contributed by atoms with E-state index < -0.39 is 0 Å². The highest BCUT2D eigenvalue weighted by atomic mass is 15.3. The van der Waals surface area contributed by atoms with Crippen molar-refractivity contribution in [3.8, 4) is 0 Å². The van der Waals surface area contributed by atoms with Gasteiger partial charge in [0.25, 0.3) is 0 Å². The standard InChI is InChI=1S/C13H18N4/c1-2-12-15-10-11-4-3-5-13(17(11)12)16-8-6-14-7-9-16/h3-5,10,14H,2,6-9H2,1H3. The first-order valence-corrected chi connectivity index (χ1v) is 6.31. The molecule has 1 N–H and O–H groups in total. The van der Waals surface area contributed by atoms with Gasteiger partial charge in [0, 0.05) is 32.6 Å². The van der Waals surface area contributed by atoms with Crippen LogP contribution in [0.15, 0.2) is 24.4 Å². The maximum Gasteiger partial charge on any atom is 0.114 e. The number of nitrogens with one attached hydrogen (secondary N) is 1. The molecule has 3 heterocycles. The van der Waals surface area contributed by atoms with Crippen LogP contribution in [0.5, 0.6) is 0 Å². The Labute approximate surface area is 101 Å². The number of hydrogen-bond acceptors (Lipinski definition) is 3. The summed E-state index contributed by atoms with van der Waals surface area (Å²) >= 11 is 0. The van der Waals surface area contributed by atoms with E-state index in [-0.39, 0.29) is 0 Å². The highest BCUT2D eigenvalue weighted by molar-refractivity contribution is 5.56. The maximum absolute atomic E-state index is 4.49. The van der Waals surface area contributed by atoms with E-state index in [1.165, 1.54) is 11.3 Å². The number of piperazine rings is 1. The Kier molecular flexibility index (Phi) is 2.73. The van der Waals surface area contributed by atoms with E-state index in [1.54, 1.807) is 0 Å². The molecular weight excluding hydrogens is 212 g/mol. The molecule has 3 rings (SSSR count). The van der Waals surface area contributed by atoms with Crippen molar-refractivity contribution in [2.24, 2.45) is 0 Å². The molecule has 1 aliphatic rings. The molecule has 17 heavy (non-hydrogen) atoms. The fourth-order valence-corrected chi connectivity index (χ4v) is 2.48. The van der Waals surface area contributed by atoms with Crippen molar-refractivity contribution in [3.05, 3.63) is 30.2 Å². The lowest BCUT2D eigenvalue weighted by Gasteiger charge is -2.30. The van der Waals surface area contributed by atoms with Gasteiger partial charge in [-0.3, -0.25) is 4.40 Å². The van der Waals surface area contributed by atoms with Crippen LogP contribution in [0.25, 0.3) is 5.52 Å². The quantitative estimate of drug-likeness (QED) is 0.844. The number of fused-ring (bicyclic) bond motifs is 1. The van der Waals surface area contributed by atoms with Crippen molar-refractivity contribution < 1.29 is 0 Å². The Balaban J connectivity index is 2.10. The zero-order chi connectivity index (χ0) is 11.7. The topological polar surface area (TPSA) is 32.6 Å². The highest BCUT2D eigenvalue weighted by Gasteiger charge is 2.14. The van der Waals surface area contributed by atoms with Crippen LogP contribution < -0.4 is 10.2 Å². The third kappa shape index (κ3) is 1.78. The van der Waals surface area contributed by atoms with Crippen LogP contribution in [-0.2, 0) is 6.42 Å². The average Bonchev–Trinajstić information content (AvgIpc) is 2.82. The molecule has 2 aromatic heterocycles. The lowest BCUT2D eigenvalue weighted by Crippen LogP contribution is -2.44. The predicted molar refractivity (Wildman–Crippen MR) is 69.7 cm³/mol. The van der Waals surface area contributed by atoms with Crippen LogP contribution in [0.1, 0.15) is 12.7 Å². The molecule has 0 atom stereocenters. The van der Waals surface area contributed by atoms with Crippen molar-refractivity contribution in [1.29, 1.82) is 0 Å². The van der Waals surface area contributed by atoms with Gasteiger partial charge in [-0.1, -0.05) is 13.0 Å². The minimum atomic E-state index is 0.970. The predicted octanol–water partition coefficient (Wildman–Crippen LogP) is 1.31. The molecule has 1 saturated heterocycles. The number of hydrogen-bond donors (Lipinski definition) is 1. The molecule has 2 aromatic rings. The minimum Gasteiger partial charge on any atom is -0.355 e. The second-order valence-electron chi connectivity index (χ2n) is 4.41. The largest absolute Gasteiger partial charge is 0.355 e. The van der Waals surface area contributed by atoms with Crippen molar-refractivity contribution >= 4 is 11.3 Å². The molecule has 0 aromatic carbocycles. The number of pyridine rings is 1. The number of imidazole rings is 1. The Morgan fingerprint density at radius 1 is 1.29 bits per heavy atom. The Morgan fingerprint density at radius 2 is 2.12 bits per heavy atom. The fourth-order valence-electron chi connectivity index (χ4n) is 2.48. The van der Waals surface area contributed by atoms with Gasteiger partial charge >= 0.3 is 0 Å². The molecule has 0 amide bonds. The zero-order valence-corrected chi connectivity index (χ0v) is 10.2. The third-order valence-electron chi connectivity index (χ3n) is 3.36. The lowest BCUT2D eigenvalue weighted by molar-refractivity contribution is 0.582. The van der Waals surface area contributed by atoms with Crippen molar-refractivity contribution in [2.75, 3.05) is 31.1 Å². The van der Waals surface area contributed by atoms with Crippen LogP contribution in [0, 0.1) is 0 Å². The normalized spacial score (nSPS) is 16.6. The summed E-state index contributed by atoms with van der Waals surface area (Å²) in [5, 5.41) is 3.39. The van der Waals surface area contributed by atoms with Crippen LogP contribution in [-0.4, -0.2) is 35.6 Å². The zero-order valence-electron chi connectivity index (χ0n) is 10.2. The fraction of sp³-hybridized carbons (Fsp3) is 0.462. The van der Waals surface area contributed by atoms with E-state index in [4.69, 9.17) is 0 Å². The summed E-state index contributed by atoms with van der Waals surface area (Å²) in [4.78, 5) is 6.92. The van der Waals surface area contributed by atoms with Crippen LogP contribution in [0.3, 0.4) is 0 Å². The molecule has 1 aliphatic heterocycles. The second kappa shape index (κ2) is 4.37. The molecule has 0 aliphatic carbocycles. The van der Waals surface area contributed by atoms with Gasteiger partial charge in [0.05, 0.1) is 11.7 Å². The smallest absolute Gasteiger partial charge is 0.114 e. The molecular formula is C13H18N4. The Morgan fingerprint density at radius 3 is 2.88 bits per heavy atom. The van der Waals surface area contributed by atoms with Crippen LogP contribution in [0.4, 0.5) is 5.82 Å². The van der Waals surface area contributed by atoms with Gasteiger partial charge in [0.2, 0.25) is 0 Å². The van der Waals surface area contributed by atoms with Gasteiger partial charge in [-0.25, -0.2) is 4.98 Å². The van der Waals surface area contributed by atoms with Gasteiger partial charge in [-0.2, -0.15) is 0 Å². The summed E-state index contributed by atoms with van der Waals surface area (Å²) < 4.78 is 2.28. The van der Waals surface area contributed by atoms with E-state index in [2.05, 4.69) is 44.7 Å². The molecule has 4 nitrogen and oxygen atoms in total. The van der Waals surface area contributed by atoms with Crippen molar-refractivity contribution in [3.63, 3.8) is 0 Å². The first kappa shape index (κ1) is 10.6. The van der Waals surface area contributed by atoms with Gasteiger partial charge in [0.15, 0.2) is 0 Å². The third-order valence-corrected chi connectivity index (χ3v) is 3.36. The highest BCUT2D eigenvalue weighted by Crippen LogP contribution is 2.20. The lowest BCUT2D eigenvalue weighted by atomic mass is 10.3. The number of aryl methyl sites for hydroxylation is 1. The molecule has 1 fully saturated rings. The molecule has 0 bridgehead atoms. The number of nitrogens with zero attached hydrogens (tertiary/aromatic N) is 3. The van der Waals surface area contributed by atoms with Gasteiger partial charge in [0.1, 0.15) is 11.6 Å². The van der Waals surface area contributed by atoms with Crippen molar-refractivity contribution in [2.45, 2.75) is 13.3 Å². The van der Waals surface area contributed by atoms with E-state index in [0.29, 0.717) is 0 Å². The van der Waals surface area contributed by atoms with E-state index in [0.717, 1.165) is 38.4 Å². The second-order valence-corrected chi connectivity index (χ2v) is 4.41. The summed E-state index contributed by atoms with van der Waals surface area (Å²) in [7, 11) is 0. The van der Waals surface area contributed by atoms with Crippen molar-refractivity contribution in [1.82, 2.24) is 14.7 Å². The summed E-state index contributed by atoms with van der Waals surface area (Å²) in [6.07, 6.45) is 2.93. The van der Waals surface area contributed by atoms with Crippen LogP contribution in [0.2, 0.25) is 0 Å². The average molecular weight is 230 g/mol. The minimum absolute atomic E-state index is 0.970. The number of aromatic nitrogens is 2. The Hall–Kier alpha value is -1.55. The van der Waals surface area contributed by atoms with Gasteiger partial charge in [-0.05, 0) is 12.1 Å². The first-order chi connectivity index (χ1) is 8.40. The maximum atomic E-state index is 4.49. The summed E-state index contributed by atoms with van der Waals surface area (Å²) in [6, 6.07) is 6.44. The number of anilines is 1. The SMILES string of the molecule is CCc1ncc2cccc(N3CCNCC3)n12. The monoisotopic (exact) mass is 230 g/mol. The molecule has 90 valence electrons. The number of rotatable bonds is 2. The summed E-state index contributed by atoms with van der Waals surface area (Å²) in [5.74, 6) is 2.42. The Bertz CT molecular complexity index is 511. The van der Waals surface area contributed by atoms with E-state index >= 15 is 0 Å². The van der Waals surface area contributed by atoms with E-state index in [9.17, 15) is 0 Å². The summed E-state index contributed by atoms with van der Waals surface area (Å²) in [5.41, 5.74) is 1.19. The van der Waals surface area contributed by atoms with E-state index in [1.807, 2.05) is 6.20 Å². The molecule has 0 unspecified atom stereocenters. The summed E-state index contributed by atoms with van der Waals surface area (Å²) in [6.45, 7) is 6.42. The van der Waals surface area contributed by atoms with Gasteiger partial charge < -0.3 is 10.2 Å². The molecule has 4 heteroatoms.